The lowest BCUT2D eigenvalue weighted by Gasteiger charge is -2.09. The van der Waals surface area contributed by atoms with Gasteiger partial charge in [-0.3, -0.25) is 0 Å². The Morgan fingerprint density at radius 2 is 2.14 bits per heavy atom. The maximum absolute atomic E-state index is 4.39. The van der Waals surface area contributed by atoms with Gasteiger partial charge in [0, 0.05) is 21.1 Å². The molecule has 0 spiro atoms. The fourth-order valence-electron chi connectivity index (χ4n) is 1.18. The zero-order chi connectivity index (χ0) is 10.1. The van der Waals surface area contributed by atoms with Crippen molar-refractivity contribution in [3.8, 4) is 0 Å². The molecule has 0 aliphatic rings. The predicted octanol–water partition coefficient (Wildman–Crippen LogP) is 1.19. The van der Waals surface area contributed by atoms with Crippen molar-refractivity contribution in [3.05, 3.63) is 6.33 Å². The Morgan fingerprint density at radius 3 is 2.79 bits per heavy atom. The van der Waals surface area contributed by atoms with Crippen molar-refractivity contribution < 1.29 is 0 Å². The molecule has 0 saturated heterocycles. The summed E-state index contributed by atoms with van der Waals surface area (Å²) in [7, 11) is 5.74. The summed E-state index contributed by atoms with van der Waals surface area (Å²) >= 11 is 1.53. The molecule has 6 heteroatoms. The summed E-state index contributed by atoms with van der Waals surface area (Å²) in [6.45, 7) is 0. The number of rotatable bonds is 2. The monoisotopic (exact) mass is 209 g/mol. The second-order valence-corrected chi connectivity index (χ2v) is 3.99. The Morgan fingerprint density at radius 1 is 1.36 bits per heavy atom. The minimum atomic E-state index is 0.854. The molecule has 2 rings (SSSR count). The smallest absolute Gasteiger partial charge is 0.185 e. The van der Waals surface area contributed by atoms with Gasteiger partial charge in [-0.25, -0.2) is 15.0 Å². The van der Waals surface area contributed by atoms with Crippen LogP contribution in [0.2, 0.25) is 0 Å². The van der Waals surface area contributed by atoms with Crippen LogP contribution in [-0.2, 0) is 0 Å². The second kappa shape index (κ2) is 3.38. The van der Waals surface area contributed by atoms with E-state index in [1.54, 1.807) is 6.33 Å². The van der Waals surface area contributed by atoms with Crippen molar-refractivity contribution in [2.45, 2.75) is 0 Å². The van der Waals surface area contributed by atoms with Gasteiger partial charge in [0.1, 0.15) is 11.8 Å². The van der Waals surface area contributed by atoms with Crippen molar-refractivity contribution >= 4 is 32.6 Å². The topological polar surface area (TPSA) is 53.9 Å². The zero-order valence-electron chi connectivity index (χ0n) is 8.27. The van der Waals surface area contributed by atoms with Gasteiger partial charge in [0.25, 0.3) is 0 Å². The first-order chi connectivity index (χ1) is 6.72. The molecule has 0 atom stereocenters. The molecule has 2 aromatic heterocycles. The standard InChI is InChI=1S/C8H11N5S/c1-9-8-12-5-6(13(2)3)10-4-11-7(5)14-8/h4H,1-3H3,(H,9,12). The number of nitrogens with zero attached hydrogens (tertiary/aromatic N) is 4. The van der Waals surface area contributed by atoms with Crippen LogP contribution in [-0.4, -0.2) is 36.1 Å². The van der Waals surface area contributed by atoms with Crippen LogP contribution in [0, 0.1) is 0 Å². The van der Waals surface area contributed by atoms with Crippen molar-refractivity contribution in [1.29, 1.82) is 0 Å². The van der Waals surface area contributed by atoms with Gasteiger partial charge in [-0.1, -0.05) is 11.3 Å². The highest BCUT2D eigenvalue weighted by molar-refractivity contribution is 7.21. The van der Waals surface area contributed by atoms with E-state index >= 15 is 0 Å². The molecule has 5 nitrogen and oxygen atoms in total. The average molecular weight is 209 g/mol. The van der Waals surface area contributed by atoms with Crippen LogP contribution in [0.1, 0.15) is 0 Å². The van der Waals surface area contributed by atoms with Gasteiger partial charge in [-0.2, -0.15) is 0 Å². The Kier molecular flexibility index (Phi) is 2.20. The third-order valence-corrected chi connectivity index (χ3v) is 2.79. The molecule has 0 bridgehead atoms. The summed E-state index contributed by atoms with van der Waals surface area (Å²) in [5.74, 6) is 0.854. The van der Waals surface area contributed by atoms with E-state index in [0.717, 1.165) is 21.3 Å². The van der Waals surface area contributed by atoms with Crippen LogP contribution in [0.15, 0.2) is 6.33 Å². The molecule has 0 unspecified atom stereocenters. The quantitative estimate of drug-likeness (QED) is 0.805. The molecule has 0 saturated carbocycles. The van der Waals surface area contributed by atoms with E-state index in [9.17, 15) is 0 Å². The van der Waals surface area contributed by atoms with Gasteiger partial charge in [0.2, 0.25) is 0 Å². The van der Waals surface area contributed by atoms with E-state index in [1.807, 2.05) is 26.0 Å². The molecule has 0 aromatic carbocycles. The minimum Gasteiger partial charge on any atom is -0.365 e. The first-order valence-electron chi connectivity index (χ1n) is 4.19. The van der Waals surface area contributed by atoms with Gasteiger partial charge in [-0.05, 0) is 0 Å². The minimum absolute atomic E-state index is 0.854. The number of fused-ring (bicyclic) bond motifs is 1. The van der Waals surface area contributed by atoms with Crippen LogP contribution >= 0.6 is 11.3 Å². The van der Waals surface area contributed by atoms with Crippen LogP contribution in [0.3, 0.4) is 0 Å². The fraction of sp³-hybridized carbons (Fsp3) is 0.375. The Bertz CT molecular complexity index is 450. The van der Waals surface area contributed by atoms with E-state index < -0.39 is 0 Å². The molecule has 0 aliphatic carbocycles. The van der Waals surface area contributed by atoms with Crippen molar-refractivity contribution in [1.82, 2.24) is 15.0 Å². The first kappa shape index (κ1) is 9.14. The SMILES string of the molecule is CNc1nc2c(N(C)C)ncnc2s1. The van der Waals surface area contributed by atoms with E-state index in [1.165, 1.54) is 11.3 Å². The molecular weight excluding hydrogens is 198 g/mol. The summed E-state index contributed by atoms with van der Waals surface area (Å²) in [4.78, 5) is 15.6. The number of thiazole rings is 1. The van der Waals surface area contributed by atoms with Crippen LogP contribution in [0.25, 0.3) is 10.3 Å². The number of aromatic nitrogens is 3. The maximum atomic E-state index is 4.39. The molecule has 0 radical (unpaired) electrons. The molecule has 74 valence electrons. The second-order valence-electron chi connectivity index (χ2n) is 3.01. The third kappa shape index (κ3) is 1.37. The Labute approximate surface area is 85.8 Å². The fourth-order valence-corrected chi connectivity index (χ4v) is 1.93. The lowest BCUT2D eigenvalue weighted by atomic mass is 10.5. The van der Waals surface area contributed by atoms with E-state index in [-0.39, 0.29) is 0 Å². The van der Waals surface area contributed by atoms with Crippen LogP contribution < -0.4 is 10.2 Å². The summed E-state index contributed by atoms with van der Waals surface area (Å²) in [6.07, 6.45) is 1.56. The lowest BCUT2D eigenvalue weighted by molar-refractivity contribution is 1.06. The third-order valence-electron chi connectivity index (χ3n) is 1.81. The number of hydrogen-bond acceptors (Lipinski definition) is 6. The predicted molar refractivity (Wildman–Crippen MR) is 59.1 cm³/mol. The van der Waals surface area contributed by atoms with Gasteiger partial charge in [-0.15, -0.1) is 0 Å². The molecule has 1 N–H and O–H groups in total. The van der Waals surface area contributed by atoms with Gasteiger partial charge in [0.05, 0.1) is 0 Å². The highest BCUT2D eigenvalue weighted by atomic mass is 32.1. The Balaban J connectivity index is 2.66. The average Bonchev–Trinajstić information content (AvgIpc) is 2.59. The zero-order valence-corrected chi connectivity index (χ0v) is 9.09. The van der Waals surface area contributed by atoms with Crippen molar-refractivity contribution in [2.75, 3.05) is 31.4 Å². The maximum Gasteiger partial charge on any atom is 0.185 e. The normalized spacial score (nSPS) is 10.5. The number of anilines is 2. The highest BCUT2D eigenvalue weighted by Gasteiger charge is 2.10. The molecule has 2 heterocycles. The van der Waals surface area contributed by atoms with E-state index in [4.69, 9.17) is 0 Å². The van der Waals surface area contributed by atoms with Gasteiger partial charge >= 0.3 is 0 Å². The van der Waals surface area contributed by atoms with Crippen LogP contribution in [0.5, 0.6) is 0 Å². The molecule has 14 heavy (non-hydrogen) atoms. The molecule has 0 fully saturated rings. The summed E-state index contributed by atoms with van der Waals surface area (Å²) in [5, 5.41) is 3.87. The summed E-state index contributed by atoms with van der Waals surface area (Å²) in [6, 6.07) is 0. The van der Waals surface area contributed by atoms with Crippen molar-refractivity contribution in [3.63, 3.8) is 0 Å². The van der Waals surface area contributed by atoms with Gasteiger partial charge in [0.15, 0.2) is 15.8 Å². The molecular formula is C8H11N5S. The van der Waals surface area contributed by atoms with Gasteiger partial charge < -0.3 is 10.2 Å². The first-order valence-corrected chi connectivity index (χ1v) is 5.00. The molecule has 0 aliphatic heterocycles. The molecule has 0 amide bonds. The number of nitrogens with one attached hydrogen (secondary N) is 1. The Hall–Kier alpha value is -1.43. The molecule has 2 aromatic rings. The largest absolute Gasteiger partial charge is 0.365 e. The lowest BCUT2D eigenvalue weighted by Crippen LogP contribution is -2.11. The van der Waals surface area contributed by atoms with Crippen molar-refractivity contribution in [2.24, 2.45) is 0 Å². The van der Waals surface area contributed by atoms with Crippen LogP contribution in [0.4, 0.5) is 10.9 Å². The number of hydrogen-bond donors (Lipinski definition) is 1. The highest BCUT2D eigenvalue weighted by Crippen LogP contribution is 2.28. The van der Waals surface area contributed by atoms with E-state index in [2.05, 4.69) is 20.3 Å². The summed E-state index contributed by atoms with van der Waals surface area (Å²) < 4.78 is 0. The summed E-state index contributed by atoms with van der Waals surface area (Å²) in [5.41, 5.74) is 0.854. The van der Waals surface area contributed by atoms with E-state index in [0.29, 0.717) is 0 Å².